The molecule has 0 fully saturated rings. The Balaban J connectivity index is 1.37. The Morgan fingerprint density at radius 2 is 1.58 bits per heavy atom. The molecule has 0 saturated heterocycles. The van der Waals surface area contributed by atoms with Crippen LogP contribution in [0.15, 0.2) is 68.7 Å². The van der Waals surface area contributed by atoms with Gasteiger partial charge in [0.2, 0.25) is 17.7 Å². The van der Waals surface area contributed by atoms with Crippen molar-refractivity contribution in [3.05, 3.63) is 77.0 Å². The second-order valence-electron chi connectivity index (χ2n) is 5.42. The topological polar surface area (TPSA) is 77.8 Å². The van der Waals surface area contributed by atoms with Gasteiger partial charge in [-0.1, -0.05) is 53.7 Å². The lowest BCUT2D eigenvalue weighted by Gasteiger charge is -1.95. The van der Waals surface area contributed by atoms with Crippen LogP contribution in [0.4, 0.5) is 0 Å². The van der Waals surface area contributed by atoms with Gasteiger partial charge < -0.3 is 8.83 Å². The van der Waals surface area contributed by atoms with Gasteiger partial charge in [-0.05, 0) is 29.8 Å². The summed E-state index contributed by atoms with van der Waals surface area (Å²) >= 11 is 7.24. The first-order valence-corrected chi connectivity index (χ1v) is 9.20. The minimum absolute atomic E-state index is 0.451. The third-order valence-corrected chi connectivity index (χ3v) is 4.58. The minimum atomic E-state index is 0.451. The normalized spacial score (nSPS) is 11.0. The molecule has 26 heavy (non-hydrogen) atoms. The Bertz CT molecular complexity index is 986. The van der Waals surface area contributed by atoms with Crippen LogP contribution in [0, 0.1) is 0 Å². The molecule has 0 unspecified atom stereocenters. The zero-order valence-electron chi connectivity index (χ0n) is 13.5. The average Bonchev–Trinajstić information content (AvgIpc) is 3.31. The highest BCUT2D eigenvalue weighted by Crippen LogP contribution is 2.25. The fraction of sp³-hybridized carbons (Fsp3) is 0.111. The van der Waals surface area contributed by atoms with Crippen LogP contribution in [-0.4, -0.2) is 20.4 Å². The summed E-state index contributed by atoms with van der Waals surface area (Å²) in [6.45, 7) is 0. The van der Waals surface area contributed by atoms with Gasteiger partial charge in [-0.2, -0.15) is 0 Å². The maximum Gasteiger partial charge on any atom is 0.277 e. The van der Waals surface area contributed by atoms with Crippen LogP contribution in [0.3, 0.4) is 0 Å². The van der Waals surface area contributed by atoms with Crippen molar-refractivity contribution in [3.8, 4) is 11.5 Å². The van der Waals surface area contributed by atoms with Gasteiger partial charge in [-0.15, -0.1) is 20.4 Å². The number of rotatable bonds is 6. The quantitative estimate of drug-likeness (QED) is 0.447. The molecule has 0 amide bonds. The van der Waals surface area contributed by atoms with E-state index in [0.717, 1.165) is 11.1 Å². The van der Waals surface area contributed by atoms with E-state index in [4.69, 9.17) is 20.4 Å². The van der Waals surface area contributed by atoms with Crippen LogP contribution in [0.2, 0.25) is 5.02 Å². The van der Waals surface area contributed by atoms with Crippen LogP contribution < -0.4 is 0 Å². The molecule has 0 aliphatic carbocycles. The van der Waals surface area contributed by atoms with Crippen LogP contribution in [0.25, 0.3) is 11.5 Å². The first-order chi connectivity index (χ1) is 12.8. The zero-order chi connectivity index (χ0) is 17.8. The lowest BCUT2D eigenvalue weighted by Crippen LogP contribution is -1.87. The zero-order valence-corrected chi connectivity index (χ0v) is 15.1. The number of benzene rings is 2. The molecule has 6 nitrogen and oxygen atoms in total. The summed E-state index contributed by atoms with van der Waals surface area (Å²) in [5.41, 5.74) is 1.94. The van der Waals surface area contributed by atoms with Gasteiger partial charge in [0, 0.05) is 10.6 Å². The summed E-state index contributed by atoms with van der Waals surface area (Å²) in [6.07, 6.45) is 0.607. The molecule has 8 heteroatoms. The SMILES string of the molecule is Clc1ccc(-c2nnc(CSc3nnc(Cc4ccccc4)o3)o2)cc1. The molecule has 0 spiro atoms. The third kappa shape index (κ3) is 4.12. The third-order valence-electron chi connectivity index (χ3n) is 3.52. The van der Waals surface area contributed by atoms with Gasteiger partial charge >= 0.3 is 0 Å². The highest BCUT2D eigenvalue weighted by Gasteiger charge is 2.12. The average molecular weight is 385 g/mol. The summed E-state index contributed by atoms with van der Waals surface area (Å²) in [5.74, 6) is 1.97. The van der Waals surface area contributed by atoms with Crippen molar-refractivity contribution in [2.75, 3.05) is 0 Å². The van der Waals surface area contributed by atoms with Gasteiger partial charge in [-0.3, -0.25) is 0 Å². The van der Waals surface area contributed by atoms with Gasteiger partial charge in [0.15, 0.2) is 0 Å². The number of aromatic nitrogens is 4. The van der Waals surface area contributed by atoms with Crippen molar-refractivity contribution < 1.29 is 8.83 Å². The molecule has 130 valence electrons. The molecule has 2 aromatic carbocycles. The van der Waals surface area contributed by atoms with E-state index < -0.39 is 0 Å². The summed E-state index contributed by atoms with van der Waals surface area (Å²) in [4.78, 5) is 0. The van der Waals surface area contributed by atoms with Crippen molar-refractivity contribution in [2.45, 2.75) is 17.4 Å². The number of hydrogen-bond acceptors (Lipinski definition) is 7. The molecular weight excluding hydrogens is 372 g/mol. The first kappa shape index (κ1) is 16.8. The Hall–Kier alpha value is -2.64. The Morgan fingerprint density at radius 1 is 0.808 bits per heavy atom. The lowest BCUT2D eigenvalue weighted by molar-refractivity contribution is 0.419. The van der Waals surface area contributed by atoms with Crippen molar-refractivity contribution in [1.82, 2.24) is 20.4 Å². The smallest absolute Gasteiger partial charge is 0.277 e. The number of hydrogen-bond donors (Lipinski definition) is 0. The molecule has 0 N–H and O–H groups in total. The molecule has 0 atom stereocenters. The molecule has 4 aromatic rings. The molecule has 0 aliphatic rings. The second kappa shape index (κ2) is 7.72. The standard InChI is InChI=1S/C18H13ClN4O2S/c19-14-8-6-13(7-9-14)17-22-21-16(24-17)11-26-18-23-20-15(25-18)10-12-4-2-1-3-5-12/h1-9H,10-11H2. The fourth-order valence-electron chi connectivity index (χ4n) is 2.28. The number of thioether (sulfide) groups is 1. The van der Waals surface area contributed by atoms with Crippen molar-refractivity contribution in [2.24, 2.45) is 0 Å². The predicted octanol–water partition coefficient (Wildman–Crippen LogP) is 4.66. The van der Waals surface area contributed by atoms with E-state index in [9.17, 15) is 0 Å². The molecule has 4 rings (SSSR count). The van der Waals surface area contributed by atoms with E-state index in [0.29, 0.717) is 40.1 Å². The van der Waals surface area contributed by atoms with Crippen molar-refractivity contribution in [3.63, 3.8) is 0 Å². The van der Waals surface area contributed by atoms with E-state index in [1.807, 2.05) is 42.5 Å². The molecule has 0 saturated carbocycles. The Kier molecular flexibility index (Phi) is 4.99. The first-order valence-electron chi connectivity index (χ1n) is 7.84. The molecule has 2 aromatic heterocycles. The highest BCUT2D eigenvalue weighted by molar-refractivity contribution is 7.98. The second-order valence-corrected chi connectivity index (χ2v) is 6.78. The van der Waals surface area contributed by atoms with E-state index in [1.54, 1.807) is 12.1 Å². The van der Waals surface area contributed by atoms with E-state index in [-0.39, 0.29) is 0 Å². The van der Waals surface area contributed by atoms with Gasteiger partial charge in [-0.25, -0.2) is 0 Å². The summed E-state index contributed by atoms with van der Waals surface area (Å²) in [7, 11) is 0. The molecule has 2 heterocycles. The van der Waals surface area contributed by atoms with E-state index in [2.05, 4.69) is 20.4 Å². The van der Waals surface area contributed by atoms with Crippen molar-refractivity contribution >= 4 is 23.4 Å². The largest absolute Gasteiger partial charge is 0.420 e. The summed E-state index contributed by atoms with van der Waals surface area (Å²) in [5, 5.41) is 17.3. The van der Waals surface area contributed by atoms with E-state index >= 15 is 0 Å². The number of halogens is 1. The maximum atomic E-state index is 5.88. The van der Waals surface area contributed by atoms with Crippen LogP contribution in [0.5, 0.6) is 0 Å². The fourth-order valence-corrected chi connectivity index (χ4v) is 3.03. The number of nitrogens with zero attached hydrogens (tertiary/aromatic N) is 4. The van der Waals surface area contributed by atoms with Gasteiger partial charge in [0.25, 0.3) is 5.22 Å². The minimum Gasteiger partial charge on any atom is -0.420 e. The molecule has 0 aliphatic heterocycles. The predicted molar refractivity (Wildman–Crippen MR) is 97.9 cm³/mol. The maximum absolute atomic E-state index is 5.88. The van der Waals surface area contributed by atoms with Crippen LogP contribution in [0.1, 0.15) is 17.3 Å². The lowest BCUT2D eigenvalue weighted by atomic mass is 10.2. The molecule has 0 radical (unpaired) electrons. The van der Waals surface area contributed by atoms with E-state index in [1.165, 1.54) is 11.8 Å². The summed E-state index contributed by atoms with van der Waals surface area (Å²) in [6, 6.07) is 17.2. The van der Waals surface area contributed by atoms with Gasteiger partial charge in [0.05, 0.1) is 12.2 Å². The molecular formula is C18H13ClN4O2S. The van der Waals surface area contributed by atoms with Crippen LogP contribution >= 0.6 is 23.4 Å². The summed E-state index contributed by atoms with van der Waals surface area (Å²) < 4.78 is 11.3. The highest BCUT2D eigenvalue weighted by atomic mass is 35.5. The van der Waals surface area contributed by atoms with Gasteiger partial charge in [0.1, 0.15) is 0 Å². The van der Waals surface area contributed by atoms with Crippen molar-refractivity contribution in [1.29, 1.82) is 0 Å². The van der Waals surface area contributed by atoms with Crippen LogP contribution in [-0.2, 0) is 12.2 Å². The molecule has 0 bridgehead atoms. The Labute approximate surface area is 158 Å². The Morgan fingerprint density at radius 3 is 2.38 bits per heavy atom. The monoisotopic (exact) mass is 384 g/mol.